The molecule has 0 bridgehead atoms. The van der Waals surface area contributed by atoms with Gasteiger partial charge in [0.25, 0.3) is 6.43 Å². The van der Waals surface area contributed by atoms with Gasteiger partial charge in [-0.2, -0.15) is 5.10 Å². The second kappa shape index (κ2) is 5.95. The van der Waals surface area contributed by atoms with Crippen molar-refractivity contribution in [2.24, 2.45) is 0 Å². The van der Waals surface area contributed by atoms with E-state index in [1.807, 2.05) is 6.92 Å². The van der Waals surface area contributed by atoms with Gasteiger partial charge in [-0.1, -0.05) is 15.9 Å². The molecule has 0 unspecified atom stereocenters. The topological polar surface area (TPSA) is 29.0 Å². The van der Waals surface area contributed by atoms with Crippen molar-refractivity contribution in [2.45, 2.75) is 13.3 Å². The van der Waals surface area contributed by atoms with E-state index in [1.165, 1.54) is 4.90 Å². The van der Waals surface area contributed by atoms with E-state index >= 15 is 0 Å². The first-order valence-corrected chi connectivity index (χ1v) is 5.64. The van der Waals surface area contributed by atoms with Crippen LogP contribution in [0.3, 0.4) is 0 Å². The molecule has 0 fully saturated rings. The minimum atomic E-state index is -2.37. The Morgan fingerprint density at radius 1 is 1.53 bits per heavy atom. The van der Waals surface area contributed by atoms with Crippen LogP contribution >= 0.6 is 15.9 Å². The highest BCUT2D eigenvalue weighted by molar-refractivity contribution is 9.09. The van der Waals surface area contributed by atoms with Gasteiger partial charge in [0.2, 0.25) is 0 Å². The molecule has 0 atom stereocenters. The third-order valence-electron chi connectivity index (χ3n) is 1.82. The van der Waals surface area contributed by atoms with E-state index in [0.29, 0.717) is 17.7 Å². The van der Waals surface area contributed by atoms with Gasteiger partial charge < -0.3 is 4.90 Å². The molecular weight excluding hydrogens is 268 g/mol. The summed E-state index contributed by atoms with van der Waals surface area (Å²) in [7, 11) is 0. The fourth-order valence-electron chi connectivity index (χ4n) is 1.17. The first-order valence-electron chi connectivity index (χ1n) is 4.52. The predicted molar refractivity (Wildman–Crippen MR) is 58.8 cm³/mol. The van der Waals surface area contributed by atoms with E-state index in [-0.39, 0.29) is 6.54 Å². The average molecular weight is 280 g/mol. The summed E-state index contributed by atoms with van der Waals surface area (Å²) in [6, 6.07) is 1.75. The molecule has 0 radical (unpaired) electrons. The number of anilines is 1. The third-order valence-corrected chi connectivity index (χ3v) is 2.17. The molecule has 0 N–H and O–H groups in total. The zero-order valence-corrected chi connectivity index (χ0v) is 9.91. The molecule has 15 heavy (non-hydrogen) atoms. The number of hydrogen-bond acceptors (Lipinski definition) is 3. The van der Waals surface area contributed by atoms with Gasteiger partial charge in [-0.05, 0) is 18.6 Å². The zero-order valence-electron chi connectivity index (χ0n) is 8.33. The minimum Gasteiger partial charge on any atom is -0.349 e. The van der Waals surface area contributed by atoms with Crippen molar-refractivity contribution < 1.29 is 8.78 Å². The van der Waals surface area contributed by atoms with Crippen LogP contribution in [0.1, 0.15) is 5.56 Å². The smallest absolute Gasteiger partial charge is 0.255 e. The van der Waals surface area contributed by atoms with Gasteiger partial charge in [-0.3, -0.25) is 0 Å². The molecular formula is C9H12BrF2N3. The third kappa shape index (κ3) is 4.07. The van der Waals surface area contributed by atoms with Gasteiger partial charge >= 0.3 is 0 Å². The summed E-state index contributed by atoms with van der Waals surface area (Å²) < 4.78 is 24.6. The Labute approximate surface area is 95.6 Å². The number of hydrogen-bond donors (Lipinski definition) is 0. The number of halogens is 3. The number of rotatable bonds is 5. The van der Waals surface area contributed by atoms with Crippen LogP contribution in [0.15, 0.2) is 12.3 Å². The standard InChI is InChI=1S/C9H12BrF2N3/c1-7-4-9(14-13-5-7)15(3-2-10)6-8(11)12/h4-5,8H,2-3,6H2,1H3. The summed E-state index contributed by atoms with van der Waals surface area (Å²) in [6.45, 7) is 2.03. The second-order valence-corrected chi connectivity index (χ2v) is 3.91. The highest BCUT2D eigenvalue weighted by Crippen LogP contribution is 2.12. The molecule has 0 amide bonds. The van der Waals surface area contributed by atoms with Crippen molar-refractivity contribution >= 4 is 21.7 Å². The van der Waals surface area contributed by atoms with Crippen molar-refractivity contribution in [3.05, 3.63) is 17.8 Å². The molecule has 1 aromatic heterocycles. The van der Waals surface area contributed by atoms with Gasteiger partial charge in [-0.15, -0.1) is 5.10 Å². The van der Waals surface area contributed by atoms with Crippen LogP contribution in [0.25, 0.3) is 0 Å². The summed E-state index contributed by atoms with van der Waals surface area (Å²) in [4.78, 5) is 1.51. The van der Waals surface area contributed by atoms with Crippen LogP contribution in [0.2, 0.25) is 0 Å². The first-order chi connectivity index (χ1) is 7.13. The molecule has 0 aliphatic carbocycles. The molecule has 0 aromatic carbocycles. The average Bonchev–Trinajstić information content (AvgIpc) is 2.16. The fourth-order valence-corrected chi connectivity index (χ4v) is 1.60. The normalized spacial score (nSPS) is 10.7. The predicted octanol–water partition coefficient (Wildman–Crippen LogP) is 2.25. The first kappa shape index (κ1) is 12.3. The van der Waals surface area contributed by atoms with Gasteiger partial charge in [0, 0.05) is 11.9 Å². The van der Waals surface area contributed by atoms with Gasteiger partial charge in [0.15, 0.2) is 5.82 Å². The molecule has 0 aliphatic rings. The minimum absolute atomic E-state index is 0.316. The molecule has 1 aromatic rings. The highest BCUT2D eigenvalue weighted by atomic mass is 79.9. The Balaban J connectivity index is 2.78. The van der Waals surface area contributed by atoms with Gasteiger partial charge in [0.1, 0.15) is 0 Å². The van der Waals surface area contributed by atoms with E-state index in [2.05, 4.69) is 26.1 Å². The lowest BCUT2D eigenvalue weighted by molar-refractivity contribution is 0.155. The number of alkyl halides is 3. The van der Waals surface area contributed by atoms with Crippen LogP contribution in [0.5, 0.6) is 0 Å². The molecule has 0 saturated carbocycles. The Morgan fingerprint density at radius 3 is 2.80 bits per heavy atom. The summed E-state index contributed by atoms with van der Waals surface area (Å²) in [5.74, 6) is 0.495. The molecule has 0 spiro atoms. The fraction of sp³-hybridized carbons (Fsp3) is 0.556. The highest BCUT2D eigenvalue weighted by Gasteiger charge is 2.13. The van der Waals surface area contributed by atoms with E-state index < -0.39 is 6.43 Å². The SMILES string of the molecule is Cc1cnnc(N(CCBr)CC(F)F)c1. The van der Waals surface area contributed by atoms with Crippen molar-refractivity contribution in [1.82, 2.24) is 10.2 Å². The largest absolute Gasteiger partial charge is 0.349 e. The van der Waals surface area contributed by atoms with E-state index in [4.69, 9.17) is 0 Å². The van der Waals surface area contributed by atoms with Crippen LogP contribution in [0.4, 0.5) is 14.6 Å². The van der Waals surface area contributed by atoms with Crippen LogP contribution in [-0.4, -0.2) is 35.0 Å². The monoisotopic (exact) mass is 279 g/mol. The number of aromatic nitrogens is 2. The zero-order chi connectivity index (χ0) is 11.3. The molecule has 1 heterocycles. The summed E-state index contributed by atoms with van der Waals surface area (Å²) >= 11 is 3.22. The van der Waals surface area contributed by atoms with Crippen molar-refractivity contribution in [3.8, 4) is 0 Å². The van der Waals surface area contributed by atoms with Crippen LogP contribution in [0, 0.1) is 6.92 Å². The van der Waals surface area contributed by atoms with E-state index in [9.17, 15) is 8.78 Å². The quantitative estimate of drug-likeness (QED) is 0.775. The van der Waals surface area contributed by atoms with Gasteiger partial charge in [-0.25, -0.2) is 8.78 Å². The summed E-state index contributed by atoms with van der Waals surface area (Å²) in [5.41, 5.74) is 0.911. The molecule has 0 saturated heterocycles. The maximum absolute atomic E-state index is 12.3. The number of aryl methyl sites for hydroxylation is 1. The lowest BCUT2D eigenvalue weighted by Gasteiger charge is -2.21. The van der Waals surface area contributed by atoms with Gasteiger partial charge in [0.05, 0.1) is 12.7 Å². The van der Waals surface area contributed by atoms with Crippen molar-refractivity contribution in [2.75, 3.05) is 23.3 Å². The summed E-state index contributed by atoms with van der Waals surface area (Å²) in [6.07, 6.45) is -0.774. The van der Waals surface area contributed by atoms with E-state index in [0.717, 1.165) is 5.56 Å². The van der Waals surface area contributed by atoms with Crippen molar-refractivity contribution in [3.63, 3.8) is 0 Å². The summed E-state index contributed by atoms with van der Waals surface area (Å²) in [5, 5.41) is 8.20. The molecule has 3 nitrogen and oxygen atoms in total. The Morgan fingerprint density at radius 2 is 2.27 bits per heavy atom. The Bertz CT molecular complexity index is 309. The Hall–Kier alpha value is -0.780. The molecule has 0 aliphatic heterocycles. The van der Waals surface area contributed by atoms with Crippen LogP contribution in [-0.2, 0) is 0 Å². The van der Waals surface area contributed by atoms with E-state index in [1.54, 1.807) is 12.3 Å². The molecule has 84 valence electrons. The maximum atomic E-state index is 12.3. The lowest BCUT2D eigenvalue weighted by Crippen LogP contribution is -2.31. The molecule has 1 rings (SSSR count). The second-order valence-electron chi connectivity index (χ2n) is 3.12. The number of nitrogens with zero attached hydrogens (tertiary/aromatic N) is 3. The molecule has 6 heteroatoms. The Kier molecular flexibility index (Phi) is 4.87. The van der Waals surface area contributed by atoms with Crippen molar-refractivity contribution in [1.29, 1.82) is 0 Å². The van der Waals surface area contributed by atoms with Crippen LogP contribution < -0.4 is 4.90 Å². The maximum Gasteiger partial charge on any atom is 0.255 e. The lowest BCUT2D eigenvalue weighted by atomic mass is 10.3.